The summed E-state index contributed by atoms with van der Waals surface area (Å²) in [6.07, 6.45) is 4.93. The van der Waals surface area contributed by atoms with Crippen LogP contribution in [-0.4, -0.2) is 20.5 Å². The van der Waals surface area contributed by atoms with Crippen molar-refractivity contribution in [2.24, 2.45) is 0 Å². The monoisotopic (exact) mass is 176 g/mol. The van der Waals surface area contributed by atoms with Gasteiger partial charge in [-0.3, -0.25) is 0 Å². The molecule has 1 N–H and O–H groups in total. The number of nitrogens with zero attached hydrogens (tertiary/aromatic N) is 2. The molecule has 0 amide bonds. The van der Waals surface area contributed by atoms with Crippen molar-refractivity contribution in [2.75, 3.05) is 0 Å². The summed E-state index contributed by atoms with van der Waals surface area (Å²) in [7, 11) is 0. The van der Waals surface area contributed by atoms with Gasteiger partial charge in [0, 0.05) is 18.6 Å². The lowest BCUT2D eigenvalue weighted by atomic mass is 10.2. The maximum atomic E-state index is 10.7. The first-order chi connectivity index (χ1) is 6.18. The van der Waals surface area contributed by atoms with Gasteiger partial charge in [0.15, 0.2) is 0 Å². The zero-order valence-electron chi connectivity index (χ0n) is 7.06. The van der Waals surface area contributed by atoms with Crippen LogP contribution in [0, 0.1) is 6.92 Å². The summed E-state index contributed by atoms with van der Waals surface area (Å²) in [4.78, 5) is 14.8. The molecular weight excluding hydrogens is 168 g/mol. The number of hydrogen-bond acceptors (Lipinski definition) is 2. The second-order valence-corrected chi connectivity index (χ2v) is 2.88. The molecule has 4 heteroatoms. The van der Waals surface area contributed by atoms with Crippen LogP contribution in [-0.2, 0) is 0 Å². The van der Waals surface area contributed by atoms with Crippen LogP contribution in [0.15, 0.2) is 24.7 Å². The van der Waals surface area contributed by atoms with E-state index in [1.807, 2.05) is 6.92 Å². The Morgan fingerprint density at radius 3 is 3.08 bits per heavy atom. The Kier molecular flexibility index (Phi) is 1.55. The average Bonchev–Trinajstić information content (AvgIpc) is 2.51. The fourth-order valence-electron chi connectivity index (χ4n) is 1.32. The molecule has 0 unspecified atom stereocenters. The van der Waals surface area contributed by atoms with Gasteiger partial charge in [-0.2, -0.15) is 0 Å². The van der Waals surface area contributed by atoms with Crippen LogP contribution in [0.2, 0.25) is 0 Å². The molecule has 0 saturated heterocycles. The third-order valence-electron chi connectivity index (χ3n) is 1.92. The maximum absolute atomic E-state index is 10.7. The molecule has 0 saturated carbocycles. The van der Waals surface area contributed by atoms with E-state index in [-0.39, 0.29) is 5.56 Å². The Bertz CT molecular complexity index is 473. The normalized spacial score (nSPS) is 10.5. The van der Waals surface area contributed by atoms with E-state index >= 15 is 0 Å². The number of carbonyl (C=O) groups is 1. The van der Waals surface area contributed by atoms with E-state index in [9.17, 15) is 4.79 Å². The summed E-state index contributed by atoms with van der Waals surface area (Å²) < 4.78 is 1.71. The highest BCUT2D eigenvalue weighted by atomic mass is 16.4. The van der Waals surface area contributed by atoms with Gasteiger partial charge >= 0.3 is 5.97 Å². The van der Waals surface area contributed by atoms with Gasteiger partial charge in [-0.15, -0.1) is 0 Å². The van der Waals surface area contributed by atoms with Gasteiger partial charge in [0.25, 0.3) is 0 Å². The van der Waals surface area contributed by atoms with Crippen molar-refractivity contribution in [3.63, 3.8) is 0 Å². The number of imidazole rings is 1. The number of aryl methyl sites for hydroxylation is 1. The van der Waals surface area contributed by atoms with E-state index in [1.54, 1.807) is 29.1 Å². The summed E-state index contributed by atoms with van der Waals surface area (Å²) in [6.45, 7) is 1.84. The van der Waals surface area contributed by atoms with Crippen LogP contribution in [0.1, 0.15) is 15.9 Å². The first kappa shape index (κ1) is 7.79. The SMILES string of the molecule is Cc1cc(C(=O)O)cn2ccnc12. The molecular formula is C9H8N2O2. The summed E-state index contributed by atoms with van der Waals surface area (Å²) in [5, 5.41) is 8.77. The zero-order valence-corrected chi connectivity index (χ0v) is 7.06. The molecule has 0 spiro atoms. The second kappa shape index (κ2) is 2.58. The minimum absolute atomic E-state index is 0.281. The Morgan fingerprint density at radius 1 is 1.62 bits per heavy atom. The Hall–Kier alpha value is -1.84. The quantitative estimate of drug-likeness (QED) is 0.713. The van der Waals surface area contributed by atoms with E-state index in [2.05, 4.69) is 4.98 Å². The lowest BCUT2D eigenvalue weighted by Gasteiger charge is -2.00. The molecule has 4 nitrogen and oxygen atoms in total. The number of aromatic nitrogens is 2. The number of fused-ring (bicyclic) bond motifs is 1. The second-order valence-electron chi connectivity index (χ2n) is 2.88. The minimum atomic E-state index is -0.918. The average molecular weight is 176 g/mol. The van der Waals surface area contributed by atoms with Gasteiger partial charge in [-0.05, 0) is 18.6 Å². The van der Waals surface area contributed by atoms with Crippen molar-refractivity contribution in [1.29, 1.82) is 0 Å². The smallest absolute Gasteiger partial charge is 0.337 e. The van der Waals surface area contributed by atoms with Gasteiger partial charge in [-0.25, -0.2) is 9.78 Å². The Morgan fingerprint density at radius 2 is 2.38 bits per heavy atom. The van der Waals surface area contributed by atoms with Crippen molar-refractivity contribution < 1.29 is 9.90 Å². The number of pyridine rings is 1. The molecule has 66 valence electrons. The number of rotatable bonds is 1. The summed E-state index contributed by atoms with van der Waals surface area (Å²) in [5.74, 6) is -0.918. The standard InChI is InChI=1S/C9H8N2O2/c1-6-4-7(9(12)13)5-11-3-2-10-8(6)11/h2-5H,1H3,(H,12,13). The third kappa shape index (κ3) is 1.16. The van der Waals surface area contributed by atoms with Gasteiger partial charge in [0.2, 0.25) is 0 Å². The van der Waals surface area contributed by atoms with Crippen molar-refractivity contribution in [1.82, 2.24) is 9.38 Å². The molecule has 0 aliphatic carbocycles. The first-order valence-corrected chi connectivity index (χ1v) is 3.85. The third-order valence-corrected chi connectivity index (χ3v) is 1.92. The lowest BCUT2D eigenvalue weighted by Crippen LogP contribution is -2.00. The maximum Gasteiger partial charge on any atom is 0.337 e. The van der Waals surface area contributed by atoms with E-state index in [1.165, 1.54) is 0 Å². The summed E-state index contributed by atoms with van der Waals surface area (Å²) in [5.41, 5.74) is 1.94. The molecule has 2 aromatic heterocycles. The molecule has 0 bridgehead atoms. The molecule has 0 fully saturated rings. The van der Waals surface area contributed by atoms with Gasteiger partial charge in [0.1, 0.15) is 5.65 Å². The molecule has 0 aromatic carbocycles. The summed E-state index contributed by atoms with van der Waals surface area (Å²) >= 11 is 0. The Balaban J connectivity index is 2.77. The fraction of sp³-hybridized carbons (Fsp3) is 0.111. The molecule has 0 aliphatic heterocycles. The topological polar surface area (TPSA) is 54.6 Å². The Labute approximate surface area is 74.5 Å². The molecule has 0 aliphatic rings. The molecule has 0 radical (unpaired) electrons. The van der Waals surface area contributed by atoms with Crippen LogP contribution < -0.4 is 0 Å². The molecule has 13 heavy (non-hydrogen) atoms. The molecule has 0 atom stereocenters. The fourth-order valence-corrected chi connectivity index (χ4v) is 1.32. The highest BCUT2D eigenvalue weighted by Gasteiger charge is 2.06. The van der Waals surface area contributed by atoms with Crippen molar-refractivity contribution in [3.8, 4) is 0 Å². The zero-order chi connectivity index (χ0) is 9.42. The van der Waals surface area contributed by atoms with E-state index in [0.717, 1.165) is 11.2 Å². The van der Waals surface area contributed by atoms with Gasteiger partial charge in [-0.1, -0.05) is 0 Å². The lowest BCUT2D eigenvalue weighted by molar-refractivity contribution is 0.0696. The van der Waals surface area contributed by atoms with Crippen LogP contribution in [0.3, 0.4) is 0 Å². The molecule has 2 aromatic rings. The predicted octanol–water partition coefficient (Wildman–Crippen LogP) is 1.34. The van der Waals surface area contributed by atoms with Crippen LogP contribution in [0.25, 0.3) is 5.65 Å². The van der Waals surface area contributed by atoms with Crippen LogP contribution >= 0.6 is 0 Å². The van der Waals surface area contributed by atoms with E-state index < -0.39 is 5.97 Å². The number of hydrogen-bond donors (Lipinski definition) is 1. The van der Waals surface area contributed by atoms with Crippen molar-refractivity contribution in [3.05, 3.63) is 35.8 Å². The van der Waals surface area contributed by atoms with Crippen LogP contribution in [0.4, 0.5) is 0 Å². The summed E-state index contributed by atoms with van der Waals surface area (Å²) in [6, 6.07) is 1.62. The predicted molar refractivity (Wildman–Crippen MR) is 46.9 cm³/mol. The minimum Gasteiger partial charge on any atom is -0.478 e. The number of carboxylic acids is 1. The van der Waals surface area contributed by atoms with E-state index in [0.29, 0.717) is 0 Å². The van der Waals surface area contributed by atoms with Gasteiger partial charge in [0.05, 0.1) is 5.56 Å². The number of aromatic carboxylic acids is 1. The largest absolute Gasteiger partial charge is 0.478 e. The van der Waals surface area contributed by atoms with E-state index in [4.69, 9.17) is 5.11 Å². The molecule has 2 heterocycles. The van der Waals surface area contributed by atoms with Gasteiger partial charge < -0.3 is 9.51 Å². The molecule has 2 rings (SSSR count). The highest BCUT2D eigenvalue weighted by molar-refractivity contribution is 5.88. The first-order valence-electron chi connectivity index (χ1n) is 3.85. The van der Waals surface area contributed by atoms with Crippen molar-refractivity contribution >= 4 is 11.6 Å². The number of carboxylic acid groups (broad SMARTS) is 1. The highest BCUT2D eigenvalue weighted by Crippen LogP contribution is 2.10. The van der Waals surface area contributed by atoms with Crippen molar-refractivity contribution in [2.45, 2.75) is 6.92 Å². The van der Waals surface area contributed by atoms with Crippen LogP contribution in [0.5, 0.6) is 0 Å².